The number of furan rings is 1. The third-order valence-electron chi connectivity index (χ3n) is 2.88. The number of rotatable bonds is 3. The smallest absolute Gasteiger partial charge is 0.202 e. The minimum Gasteiger partial charge on any atom is -0.451 e. The van der Waals surface area contributed by atoms with Gasteiger partial charge >= 0.3 is 0 Å². The van der Waals surface area contributed by atoms with Crippen LogP contribution >= 0.6 is 11.6 Å². The highest BCUT2D eigenvalue weighted by Gasteiger charge is 2.14. The van der Waals surface area contributed by atoms with Gasteiger partial charge in [-0.15, -0.1) is 0 Å². The third-order valence-corrected chi connectivity index (χ3v) is 3.18. The summed E-state index contributed by atoms with van der Waals surface area (Å²) in [5, 5.41) is 1.35. The Labute approximate surface area is 114 Å². The number of halogens is 1. The number of fused-ring (bicyclic) bond motifs is 1. The second-order valence-corrected chi connectivity index (χ2v) is 4.63. The zero-order chi connectivity index (χ0) is 13.2. The summed E-state index contributed by atoms with van der Waals surface area (Å²) in [5.41, 5.74) is 1.47. The van der Waals surface area contributed by atoms with Crippen molar-refractivity contribution in [2.45, 2.75) is 6.42 Å². The van der Waals surface area contributed by atoms with E-state index in [0.717, 1.165) is 10.9 Å². The first-order valence-corrected chi connectivity index (χ1v) is 6.22. The van der Waals surface area contributed by atoms with E-state index in [1.807, 2.05) is 24.3 Å². The van der Waals surface area contributed by atoms with E-state index < -0.39 is 0 Å². The molecule has 0 radical (unpaired) electrons. The van der Waals surface area contributed by atoms with Crippen molar-refractivity contribution in [3.8, 4) is 0 Å². The number of Topliss-reactive ketones (excluding diaryl/α,β-unsaturated/α-hetero) is 1. The molecule has 3 nitrogen and oxygen atoms in total. The molecule has 3 aromatic rings. The van der Waals surface area contributed by atoms with Crippen LogP contribution in [0.4, 0.5) is 0 Å². The van der Waals surface area contributed by atoms with Crippen LogP contribution < -0.4 is 0 Å². The van der Waals surface area contributed by atoms with Crippen LogP contribution in [0.5, 0.6) is 0 Å². The van der Waals surface area contributed by atoms with Crippen LogP contribution in [0.1, 0.15) is 16.1 Å². The third kappa shape index (κ3) is 2.37. The normalized spacial score (nSPS) is 10.8. The predicted octanol–water partition coefficient (Wildman–Crippen LogP) is 3.91. The maximum atomic E-state index is 12.1. The van der Waals surface area contributed by atoms with Crippen LogP contribution in [0, 0.1) is 0 Å². The molecule has 0 aliphatic rings. The number of aromatic nitrogens is 1. The lowest BCUT2D eigenvalue weighted by Gasteiger charge is -1.97. The minimum atomic E-state index is -0.0709. The molecule has 0 aliphatic heterocycles. The van der Waals surface area contributed by atoms with Crippen LogP contribution in [0.25, 0.3) is 11.0 Å². The van der Waals surface area contributed by atoms with E-state index in [2.05, 4.69) is 4.98 Å². The molecule has 0 saturated heterocycles. The summed E-state index contributed by atoms with van der Waals surface area (Å²) in [5.74, 6) is 0.262. The summed E-state index contributed by atoms with van der Waals surface area (Å²) < 4.78 is 5.54. The van der Waals surface area contributed by atoms with E-state index in [4.69, 9.17) is 16.0 Å². The zero-order valence-electron chi connectivity index (χ0n) is 9.97. The van der Waals surface area contributed by atoms with Crippen molar-refractivity contribution >= 4 is 28.4 Å². The molecular weight excluding hydrogens is 262 g/mol. The molecular formula is C15H10ClNO2. The lowest BCUT2D eigenvalue weighted by Crippen LogP contribution is -2.01. The maximum absolute atomic E-state index is 12.1. The Hall–Kier alpha value is -2.13. The molecule has 1 aromatic carbocycles. The molecule has 0 unspecified atom stereocenters. The van der Waals surface area contributed by atoms with E-state index in [1.54, 1.807) is 24.5 Å². The standard InChI is InChI=1S/C15H10ClNO2/c16-12-3-1-2-11-9-14(19-15(11)12)13(18)8-10-4-6-17-7-5-10/h1-7,9H,8H2. The largest absolute Gasteiger partial charge is 0.451 e. The lowest BCUT2D eigenvalue weighted by atomic mass is 10.1. The van der Waals surface area contributed by atoms with Gasteiger partial charge in [0.25, 0.3) is 0 Å². The van der Waals surface area contributed by atoms with Crippen molar-refractivity contribution in [2.24, 2.45) is 0 Å². The lowest BCUT2D eigenvalue weighted by molar-refractivity contribution is 0.0968. The van der Waals surface area contributed by atoms with Crippen molar-refractivity contribution < 1.29 is 9.21 Å². The number of carbonyl (C=O) groups is 1. The Morgan fingerprint density at radius 3 is 2.74 bits per heavy atom. The number of hydrogen-bond donors (Lipinski definition) is 0. The fourth-order valence-corrected chi connectivity index (χ4v) is 2.16. The highest BCUT2D eigenvalue weighted by Crippen LogP contribution is 2.27. The molecule has 0 aliphatic carbocycles. The number of hydrogen-bond acceptors (Lipinski definition) is 3. The monoisotopic (exact) mass is 271 g/mol. The van der Waals surface area contributed by atoms with Gasteiger partial charge < -0.3 is 4.42 Å². The fourth-order valence-electron chi connectivity index (χ4n) is 1.94. The number of benzene rings is 1. The van der Waals surface area contributed by atoms with Gasteiger partial charge in [-0.25, -0.2) is 0 Å². The molecule has 94 valence electrons. The summed E-state index contributed by atoms with van der Waals surface area (Å²) in [6.07, 6.45) is 3.62. The average molecular weight is 272 g/mol. The first kappa shape index (κ1) is 11.9. The SMILES string of the molecule is O=C(Cc1ccncc1)c1cc2cccc(Cl)c2o1. The van der Waals surface area contributed by atoms with Gasteiger partial charge in [-0.2, -0.15) is 0 Å². The number of ketones is 1. The van der Waals surface area contributed by atoms with Gasteiger partial charge in [0, 0.05) is 24.2 Å². The van der Waals surface area contributed by atoms with Crippen LogP contribution in [0.2, 0.25) is 5.02 Å². The summed E-state index contributed by atoms with van der Waals surface area (Å²) in [6.45, 7) is 0. The van der Waals surface area contributed by atoms with Crippen molar-refractivity contribution in [1.29, 1.82) is 0 Å². The van der Waals surface area contributed by atoms with Crippen LogP contribution in [0.3, 0.4) is 0 Å². The van der Waals surface area contributed by atoms with Gasteiger partial charge in [-0.05, 0) is 29.8 Å². The maximum Gasteiger partial charge on any atom is 0.202 e. The molecule has 0 amide bonds. The van der Waals surface area contributed by atoms with E-state index in [-0.39, 0.29) is 5.78 Å². The Balaban J connectivity index is 1.92. The number of nitrogens with zero attached hydrogens (tertiary/aromatic N) is 1. The fraction of sp³-hybridized carbons (Fsp3) is 0.0667. The van der Waals surface area contributed by atoms with Crippen LogP contribution in [0.15, 0.2) is 53.2 Å². The number of para-hydroxylation sites is 1. The van der Waals surface area contributed by atoms with E-state index in [9.17, 15) is 4.79 Å². The molecule has 0 saturated carbocycles. The topological polar surface area (TPSA) is 43.1 Å². The summed E-state index contributed by atoms with van der Waals surface area (Å²) in [4.78, 5) is 16.1. The molecule has 3 rings (SSSR count). The van der Waals surface area contributed by atoms with Crippen LogP contribution in [-0.4, -0.2) is 10.8 Å². The zero-order valence-corrected chi connectivity index (χ0v) is 10.7. The molecule has 2 aromatic heterocycles. The quantitative estimate of drug-likeness (QED) is 0.679. The molecule has 4 heteroatoms. The van der Waals surface area contributed by atoms with Gasteiger partial charge in [0.1, 0.15) is 0 Å². The van der Waals surface area contributed by atoms with Gasteiger partial charge in [0.15, 0.2) is 11.3 Å². The van der Waals surface area contributed by atoms with E-state index in [0.29, 0.717) is 22.8 Å². The average Bonchev–Trinajstić information content (AvgIpc) is 2.85. The molecule has 0 atom stereocenters. The summed E-state index contributed by atoms with van der Waals surface area (Å²) in [7, 11) is 0. The van der Waals surface area contributed by atoms with E-state index in [1.165, 1.54) is 0 Å². The number of carbonyl (C=O) groups excluding carboxylic acids is 1. The van der Waals surface area contributed by atoms with Gasteiger partial charge in [0.2, 0.25) is 5.78 Å². The van der Waals surface area contributed by atoms with Crippen molar-refractivity contribution in [3.63, 3.8) is 0 Å². The second-order valence-electron chi connectivity index (χ2n) is 4.22. The van der Waals surface area contributed by atoms with E-state index >= 15 is 0 Å². The first-order chi connectivity index (χ1) is 9.24. The molecule has 0 N–H and O–H groups in total. The Morgan fingerprint density at radius 1 is 1.21 bits per heavy atom. The Bertz CT molecular complexity index is 734. The summed E-state index contributed by atoms with van der Waals surface area (Å²) >= 11 is 6.02. The van der Waals surface area contributed by atoms with Crippen molar-refractivity contribution in [1.82, 2.24) is 4.98 Å². The second kappa shape index (κ2) is 4.86. The molecule has 0 bridgehead atoms. The van der Waals surface area contributed by atoms with Gasteiger partial charge in [0.05, 0.1) is 5.02 Å². The Morgan fingerprint density at radius 2 is 2.00 bits per heavy atom. The van der Waals surface area contributed by atoms with Gasteiger partial charge in [-0.1, -0.05) is 23.7 Å². The van der Waals surface area contributed by atoms with Gasteiger partial charge in [-0.3, -0.25) is 9.78 Å². The minimum absolute atomic E-state index is 0.0709. The van der Waals surface area contributed by atoms with Crippen LogP contribution in [-0.2, 0) is 6.42 Å². The first-order valence-electron chi connectivity index (χ1n) is 5.84. The molecule has 2 heterocycles. The van der Waals surface area contributed by atoms with Crippen molar-refractivity contribution in [3.05, 3.63) is 65.1 Å². The molecule has 19 heavy (non-hydrogen) atoms. The van der Waals surface area contributed by atoms with Crippen molar-refractivity contribution in [2.75, 3.05) is 0 Å². The predicted molar refractivity (Wildman–Crippen MR) is 73.5 cm³/mol. The summed E-state index contributed by atoms with van der Waals surface area (Å²) in [6, 6.07) is 10.8. The molecule has 0 fully saturated rings. The molecule has 0 spiro atoms. The highest BCUT2D eigenvalue weighted by molar-refractivity contribution is 6.34. The number of pyridine rings is 1. The Kier molecular flexibility index (Phi) is 3.05. The highest BCUT2D eigenvalue weighted by atomic mass is 35.5.